The smallest absolute Gasteiger partial charge is 0.307 e. The van der Waals surface area contributed by atoms with Crippen LogP contribution in [-0.4, -0.2) is 32.9 Å². The minimum Gasteiger partial charge on any atom is -0.481 e. The molecule has 0 aromatic heterocycles. The van der Waals surface area contributed by atoms with Crippen LogP contribution in [-0.2, 0) is 22.6 Å². The molecule has 2 rings (SSSR count). The van der Waals surface area contributed by atoms with Crippen LogP contribution in [0.5, 0.6) is 0 Å². The van der Waals surface area contributed by atoms with Gasteiger partial charge in [-0.05, 0) is 11.1 Å². The zero-order valence-electron chi connectivity index (χ0n) is 10.2. The van der Waals surface area contributed by atoms with Gasteiger partial charge in [0.15, 0.2) is 0 Å². The molecule has 100 valence electrons. The van der Waals surface area contributed by atoms with Crippen molar-refractivity contribution in [2.45, 2.75) is 19.4 Å². The lowest BCUT2D eigenvalue weighted by molar-refractivity contribution is -0.136. The molecule has 1 aliphatic rings. The summed E-state index contributed by atoms with van der Waals surface area (Å²) >= 11 is 1.15. The molecule has 1 fully saturated rings. The minimum atomic E-state index is -0.884. The quantitative estimate of drug-likeness (QED) is 0.911. The SMILES string of the molecule is O=C(O)Cc1ccc(CN2C(=O)CCSC2=O)cc1. The van der Waals surface area contributed by atoms with Gasteiger partial charge in [-0.1, -0.05) is 36.0 Å². The van der Waals surface area contributed by atoms with Crippen molar-refractivity contribution in [2.75, 3.05) is 5.75 Å². The Bertz CT molecular complexity index is 496. The molecule has 0 spiro atoms. The number of aliphatic carboxylic acids is 1. The number of benzene rings is 1. The van der Waals surface area contributed by atoms with Crippen LogP contribution in [0, 0.1) is 0 Å². The van der Waals surface area contributed by atoms with Gasteiger partial charge < -0.3 is 5.11 Å². The van der Waals surface area contributed by atoms with Crippen molar-refractivity contribution in [3.05, 3.63) is 35.4 Å². The van der Waals surface area contributed by atoms with E-state index in [4.69, 9.17) is 5.11 Å². The number of carbonyl (C=O) groups excluding carboxylic acids is 2. The summed E-state index contributed by atoms with van der Waals surface area (Å²) in [5.74, 6) is -0.491. The summed E-state index contributed by atoms with van der Waals surface area (Å²) in [5.41, 5.74) is 1.51. The lowest BCUT2D eigenvalue weighted by Crippen LogP contribution is -2.37. The predicted octanol–water partition coefficient (Wildman–Crippen LogP) is 1.90. The van der Waals surface area contributed by atoms with E-state index in [0.717, 1.165) is 17.3 Å². The van der Waals surface area contributed by atoms with Crippen molar-refractivity contribution in [3.63, 3.8) is 0 Å². The second-order valence-corrected chi connectivity index (χ2v) is 5.28. The van der Waals surface area contributed by atoms with Crippen LogP contribution in [0.1, 0.15) is 17.5 Å². The number of amides is 2. The maximum absolute atomic E-state index is 11.6. The Balaban J connectivity index is 2.04. The highest BCUT2D eigenvalue weighted by molar-refractivity contribution is 8.13. The third-order valence-electron chi connectivity index (χ3n) is 2.78. The highest BCUT2D eigenvalue weighted by Crippen LogP contribution is 2.20. The van der Waals surface area contributed by atoms with Gasteiger partial charge in [0.2, 0.25) is 5.91 Å². The molecule has 0 radical (unpaired) electrons. The topological polar surface area (TPSA) is 74.7 Å². The van der Waals surface area contributed by atoms with Crippen LogP contribution in [0.2, 0.25) is 0 Å². The molecule has 0 unspecified atom stereocenters. The first-order chi connectivity index (χ1) is 9.06. The Labute approximate surface area is 114 Å². The van der Waals surface area contributed by atoms with Crippen molar-refractivity contribution >= 4 is 28.9 Å². The van der Waals surface area contributed by atoms with Crippen LogP contribution in [0.3, 0.4) is 0 Å². The molecule has 6 heteroatoms. The molecule has 5 nitrogen and oxygen atoms in total. The third-order valence-corrected chi connectivity index (χ3v) is 3.66. The molecule has 1 saturated heterocycles. The van der Waals surface area contributed by atoms with E-state index in [2.05, 4.69) is 0 Å². The summed E-state index contributed by atoms with van der Waals surface area (Å²) in [5, 5.41) is 8.45. The first-order valence-corrected chi connectivity index (χ1v) is 6.81. The van der Waals surface area contributed by atoms with Gasteiger partial charge in [-0.25, -0.2) is 0 Å². The Hall–Kier alpha value is -1.82. The van der Waals surface area contributed by atoms with Gasteiger partial charge in [-0.3, -0.25) is 19.3 Å². The van der Waals surface area contributed by atoms with Crippen LogP contribution in [0.15, 0.2) is 24.3 Å². The average Bonchev–Trinajstić information content (AvgIpc) is 2.35. The lowest BCUT2D eigenvalue weighted by Gasteiger charge is -2.24. The third kappa shape index (κ3) is 3.57. The van der Waals surface area contributed by atoms with Gasteiger partial charge in [0.05, 0.1) is 13.0 Å². The largest absolute Gasteiger partial charge is 0.481 e. The van der Waals surface area contributed by atoms with Crippen LogP contribution in [0.25, 0.3) is 0 Å². The molecule has 0 bridgehead atoms. The number of hydrogen-bond acceptors (Lipinski definition) is 4. The van der Waals surface area contributed by atoms with E-state index in [0.29, 0.717) is 17.7 Å². The fourth-order valence-electron chi connectivity index (χ4n) is 1.81. The van der Waals surface area contributed by atoms with Gasteiger partial charge in [0.25, 0.3) is 5.24 Å². The fourth-order valence-corrected chi connectivity index (χ4v) is 2.59. The van der Waals surface area contributed by atoms with E-state index in [-0.39, 0.29) is 24.1 Å². The molecule has 2 amide bonds. The van der Waals surface area contributed by atoms with E-state index in [1.165, 1.54) is 4.90 Å². The summed E-state index contributed by atoms with van der Waals surface area (Å²) in [6.07, 6.45) is 0.352. The summed E-state index contributed by atoms with van der Waals surface area (Å²) in [6, 6.07) is 6.90. The number of nitrogens with zero attached hydrogens (tertiary/aromatic N) is 1. The summed E-state index contributed by atoms with van der Waals surface area (Å²) < 4.78 is 0. The number of thioether (sulfide) groups is 1. The van der Waals surface area contributed by atoms with E-state index in [9.17, 15) is 14.4 Å². The first kappa shape index (κ1) is 13.6. The van der Waals surface area contributed by atoms with Crippen molar-refractivity contribution in [1.29, 1.82) is 0 Å². The van der Waals surface area contributed by atoms with E-state index < -0.39 is 5.97 Å². The number of carboxylic acids is 1. The summed E-state index contributed by atoms with van der Waals surface area (Å²) in [6.45, 7) is 0.248. The molecule has 1 aliphatic heterocycles. The van der Waals surface area contributed by atoms with Gasteiger partial charge in [-0.15, -0.1) is 0 Å². The zero-order chi connectivity index (χ0) is 13.8. The lowest BCUT2D eigenvalue weighted by atomic mass is 10.1. The Morgan fingerprint density at radius 2 is 1.84 bits per heavy atom. The molecule has 1 heterocycles. The second-order valence-electron chi connectivity index (χ2n) is 4.23. The van der Waals surface area contributed by atoms with Crippen molar-refractivity contribution in [2.24, 2.45) is 0 Å². The highest BCUT2D eigenvalue weighted by atomic mass is 32.2. The first-order valence-electron chi connectivity index (χ1n) is 5.83. The Kier molecular flexibility index (Phi) is 4.21. The highest BCUT2D eigenvalue weighted by Gasteiger charge is 2.26. The number of carboxylic acid groups (broad SMARTS) is 1. The molecular formula is C13H13NO4S. The van der Waals surface area contributed by atoms with Crippen LogP contribution < -0.4 is 0 Å². The van der Waals surface area contributed by atoms with Crippen molar-refractivity contribution < 1.29 is 19.5 Å². The number of hydrogen-bond donors (Lipinski definition) is 1. The zero-order valence-corrected chi connectivity index (χ0v) is 11.0. The average molecular weight is 279 g/mol. The van der Waals surface area contributed by atoms with Gasteiger partial charge in [-0.2, -0.15) is 0 Å². The van der Waals surface area contributed by atoms with Crippen LogP contribution >= 0.6 is 11.8 Å². The van der Waals surface area contributed by atoms with Gasteiger partial charge in [0, 0.05) is 12.2 Å². The Morgan fingerprint density at radius 3 is 2.42 bits per heavy atom. The molecular weight excluding hydrogens is 266 g/mol. The van der Waals surface area contributed by atoms with E-state index >= 15 is 0 Å². The molecule has 19 heavy (non-hydrogen) atoms. The maximum atomic E-state index is 11.6. The fraction of sp³-hybridized carbons (Fsp3) is 0.308. The van der Waals surface area contributed by atoms with E-state index in [1.54, 1.807) is 24.3 Å². The van der Waals surface area contributed by atoms with Crippen molar-refractivity contribution in [1.82, 2.24) is 4.90 Å². The molecule has 1 aromatic carbocycles. The summed E-state index contributed by atoms with van der Waals surface area (Å²) in [7, 11) is 0. The molecule has 0 atom stereocenters. The minimum absolute atomic E-state index is 0.0301. The van der Waals surface area contributed by atoms with Crippen molar-refractivity contribution in [3.8, 4) is 0 Å². The van der Waals surface area contributed by atoms with Crippen LogP contribution in [0.4, 0.5) is 4.79 Å². The van der Waals surface area contributed by atoms with E-state index in [1.807, 2.05) is 0 Å². The van der Waals surface area contributed by atoms with Gasteiger partial charge in [0.1, 0.15) is 0 Å². The summed E-state index contributed by atoms with van der Waals surface area (Å²) in [4.78, 5) is 35.0. The molecule has 0 aliphatic carbocycles. The second kappa shape index (κ2) is 5.88. The number of imide groups is 1. The number of carbonyl (C=O) groups is 3. The maximum Gasteiger partial charge on any atom is 0.307 e. The standard InChI is InChI=1S/C13H13NO4S/c15-11-5-6-19-13(18)14(11)8-10-3-1-9(2-4-10)7-12(16)17/h1-4H,5-8H2,(H,16,17). The van der Waals surface area contributed by atoms with Gasteiger partial charge >= 0.3 is 5.97 Å². The Morgan fingerprint density at radius 1 is 1.21 bits per heavy atom. The normalized spacial score (nSPS) is 15.7. The molecule has 0 saturated carbocycles. The number of rotatable bonds is 4. The predicted molar refractivity (Wildman–Crippen MR) is 70.8 cm³/mol. The molecule has 1 aromatic rings. The monoisotopic (exact) mass is 279 g/mol. The molecule has 1 N–H and O–H groups in total.